The van der Waals surface area contributed by atoms with Crippen molar-refractivity contribution in [2.75, 3.05) is 19.7 Å². The number of aryl methyl sites for hydroxylation is 1. The Bertz CT molecular complexity index is 915. The molecular formula is C19H23Cl2N3OS. The van der Waals surface area contributed by atoms with E-state index in [0.717, 1.165) is 50.3 Å². The molecule has 0 amide bonds. The third-order valence-electron chi connectivity index (χ3n) is 5.25. The number of halogens is 2. The minimum absolute atomic E-state index is 0. The summed E-state index contributed by atoms with van der Waals surface area (Å²) in [6.07, 6.45) is 5.31. The van der Waals surface area contributed by atoms with Crippen LogP contribution in [-0.4, -0.2) is 29.1 Å². The fraction of sp³-hybridized carbons (Fsp3) is 0.421. The molecule has 3 aromatic heterocycles. The Kier molecular flexibility index (Phi) is 5.66. The molecule has 1 fully saturated rings. The molecule has 0 aliphatic carbocycles. The molecule has 140 valence electrons. The van der Waals surface area contributed by atoms with E-state index >= 15 is 0 Å². The minimum atomic E-state index is -0.0551. The van der Waals surface area contributed by atoms with Gasteiger partial charge in [0.15, 0.2) is 0 Å². The average Bonchev–Trinajstić information content (AvgIpc) is 3.19. The lowest BCUT2D eigenvalue weighted by Gasteiger charge is -2.40. The van der Waals surface area contributed by atoms with Crippen LogP contribution >= 0.6 is 36.2 Å². The first-order chi connectivity index (χ1) is 11.8. The zero-order chi connectivity index (χ0) is 16.1. The molecule has 5 rings (SSSR count). The maximum atomic E-state index is 6.32. The third kappa shape index (κ3) is 3.06. The molecule has 0 radical (unpaired) electrons. The van der Waals surface area contributed by atoms with Crippen molar-refractivity contribution < 1.29 is 4.74 Å². The molecule has 0 saturated carbocycles. The first-order valence-electron chi connectivity index (χ1n) is 8.68. The van der Waals surface area contributed by atoms with Gasteiger partial charge in [-0.2, -0.15) is 0 Å². The number of imidazole rings is 1. The van der Waals surface area contributed by atoms with Crippen molar-refractivity contribution in [3.8, 4) is 10.6 Å². The van der Waals surface area contributed by atoms with Gasteiger partial charge in [-0.3, -0.25) is 4.40 Å². The summed E-state index contributed by atoms with van der Waals surface area (Å²) < 4.78 is 8.54. The van der Waals surface area contributed by atoms with E-state index in [0.29, 0.717) is 0 Å². The number of hydrogen-bond donors (Lipinski definition) is 1. The number of fused-ring (bicyclic) bond motifs is 3. The highest BCUT2D eigenvalue weighted by Gasteiger charge is 2.40. The quantitative estimate of drug-likeness (QED) is 0.645. The zero-order valence-corrected chi connectivity index (χ0v) is 17.1. The summed E-state index contributed by atoms with van der Waals surface area (Å²) in [5.74, 6) is 0. The maximum absolute atomic E-state index is 6.32. The summed E-state index contributed by atoms with van der Waals surface area (Å²) in [6.45, 7) is 4.98. The topological polar surface area (TPSA) is 38.6 Å². The number of nitrogens with zero attached hydrogens (tertiary/aromatic N) is 2. The molecule has 1 N–H and O–H groups in total. The summed E-state index contributed by atoms with van der Waals surface area (Å²) in [4.78, 5) is 7.38. The van der Waals surface area contributed by atoms with Crippen molar-refractivity contribution in [1.82, 2.24) is 14.7 Å². The lowest BCUT2D eigenvalue weighted by molar-refractivity contribution is -0.0771. The first-order valence-corrected chi connectivity index (χ1v) is 9.50. The van der Waals surface area contributed by atoms with Gasteiger partial charge in [-0.1, -0.05) is 6.07 Å². The largest absolute Gasteiger partial charge is 0.369 e. The maximum Gasteiger partial charge on any atom is 0.137 e. The molecule has 3 aromatic rings. The Morgan fingerprint density at radius 3 is 2.85 bits per heavy atom. The first kappa shape index (κ1) is 19.6. The molecule has 1 spiro atoms. The second kappa shape index (κ2) is 7.49. The number of aromatic nitrogens is 2. The van der Waals surface area contributed by atoms with Crippen LogP contribution in [0.1, 0.15) is 29.0 Å². The van der Waals surface area contributed by atoms with E-state index in [9.17, 15) is 0 Å². The summed E-state index contributed by atoms with van der Waals surface area (Å²) in [6, 6.07) is 8.76. The van der Waals surface area contributed by atoms with Crippen molar-refractivity contribution in [2.24, 2.45) is 0 Å². The monoisotopic (exact) mass is 411 g/mol. The van der Waals surface area contributed by atoms with Crippen LogP contribution in [0.15, 0.2) is 30.5 Å². The van der Waals surface area contributed by atoms with Gasteiger partial charge in [0.2, 0.25) is 0 Å². The van der Waals surface area contributed by atoms with Gasteiger partial charge in [-0.05, 0) is 63.0 Å². The lowest BCUT2D eigenvalue weighted by Crippen LogP contribution is -2.43. The average molecular weight is 412 g/mol. The molecule has 0 bridgehead atoms. The van der Waals surface area contributed by atoms with E-state index < -0.39 is 0 Å². The van der Waals surface area contributed by atoms with Crippen LogP contribution in [0.2, 0.25) is 0 Å². The summed E-state index contributed by atoms with van der Waals surface area (Å²) in [7, 11) is 0. The molecule has 5 heterocycles. The van der Waals surface area contributed by atoms with Gasteiger partial charge in [-0.15, -0.1) is 36.2 Å². The van der Waals surface area contributed by atoms with E-state index in [1.165, 1.54) is 21.0 Å². The molecular weight excluding hydrogens is 389 g/mol. The zero-order valence-electron chi connectivity index (χ0n) is 14.7. The van der Waals surface area contributed by atoms with Crippen molar-refractivity contribution in [3.63, 3.8) is 0 Å². The van der Waals surface area contributed by atoms with Gasteiger partial charge in [0.1, 0.15) is 11.2 Å². The van der Waals surface area contributed by atoms with Crippen LogP contribution < -0.4 is 5.32 Å². The van der Waals surface area contributed by atoms with E-state index in [-0.39, 0.29) is 30.4 Å². The highest BCUT2D eigenvalue weighted by atomic mass is 35.5. The van der Waals surface area contributed by atoms with Crippen molar-refractivity contribution >= 4 is 41.8 Å². The highest BCUT2D eigenvalue weighted by Crippen LogP contribution is 2.46. The van der Waals surface area contributed by atoms with E-state index in [4.69, 9.17) is 4.74 Å². The van der Waals surface area contributed by atoms with E-state index in [1.807, 2.05) is 18.3 Å². The van der Waals surface area contributed by atoms with Crippen molar-refractivity contribution in [2.45, 2.75) is 31.8 Å². The lowest BCUT2D eigenvalue weighted by atomic mass is 9.86. The van der Waals surface area contributed by atoms with Crippen molar-refractivity contribution in [3.05, 3.63) is 46.6 Å². The van der Waals surface area contributed by atoms with Crippen LogP contribution in [0.25, 0.3) is 16.2 Å². The number of ether oxygens (including phenoxy) is 1. The molecule has 7 heteroatoms. The number of rotatable bonds is 1. The Hall–Kier alpha value is -1.11. The SMILES string of the molecule is Cc1cn2c(-c3cc4c(s3)C3(CCNCC3)OCC4)cccc2n1.Cl.Cl. The van der Waals surface area contributed by atoms with E-state index in [1.54, 1.807) is 0 Å². The van der Waals surface area contributed by atoms with Gasteiger partial charge < -0.3 is 10.1 Å². The van der Waals surface area contributed by atoms with E-state index in [2.05, 4.69) is 45.2 Å². The van der Waals surface area contributed by atoms with Gasteiger partial charge in [0.05, 0.1) is 22.9 Å². The van der Waals surface area contributed by atoms with Crippen LogP contribution in [0.5, 0.6) is 0 Å². The molecule has 0 aromatic carbocycles. The Balaban J connectivity index is 0.000000980. The molecule has 26 heavy (non-hydrogen) atoms. The third-order valence-corrected chi connectivity index (χ3v) is 6.63. The van der Waals surface area contributed by atoms with Gasteiger partial charge >= 0.3 is 0 Å². The minimum Gasteiger partial charge on any atom is -0.369 e. The Labute approximate surface area is 169 Å². The molecule has 4 nitrogen and oxygen atoms in total. The molecule has 0 atom stereocenters. The predicted octanol–water partition coefficient (Wildman–Crippen LogP) is 4.37. The highest BCUT2D eigenvalue weighted by molar-refractivity contribution is 7.15. The van der Waals surface area contributed by atoms with Gasteiger partial charge in [0.25, 0.3) is 0 Å². The number of nitrogens with one attached hydrogen (secondary N) is 1. The summed E-state index contributed by atoms with van der Waals surface area (Å²) >= 11 is 1.92. The second-order valence-corrected chi connectivity index (χ2v) is 7.88. The molecule has 1 saturated heterocycles. The standard InChI is InChI=1S/C19H21N3OS.2ClH/c1-13-12-22-15(3-2-4-17(22)21-13)16-11-14-5-10-23-19(18(14)24-16)6-8-20-9-7-19;;/h2-4,11-12,20H,5-10H2,1H3;2*1H. The van der Waals surface area contributed by atoms with Crippen LogP contribution in [0.4, 0.5) is 0 Å². The molecule has 2 aliphatic heterocycles. The van der Waals surface area contributed by atoms with Gasteiger partial charge in [0, 0.05) is 11.1 Å². The number of hydrogen-bond acceptors (Lipinski definition) is 4. The predicted molar refractivity (Wildman–Crippen MR) is 111 cm³/mol. The fourth-order valence-corrected chi connectivity index (χ4v) is 5.52. The molecule has 2 aliphatic rings. The number of pyridine rings is 1. The smallest absolute Gasteiger partial charge is 0.137 e. The Morgan fingerprint density at radius 2 is 2.04 bits per heavy atom. The van der Waals surface area contributed by atoms with Crippen LogP contribution in [0.3, 0.4) is 0 Å². The fourth-order valence-electron chi connectivity index (χ4n) is 4.08. The normalized spacial score (nSPS) is 18.2. The second-order valence-electron chi connectivity index (χ2n) is 6.83. The summed E-state index contributed by atoms with van der Waals surface area (Å²) in [5, 5.41) is 3.46. The molecule has 0 unspecified atom stereocenters. The number of thiophene rings is 1. The van der Waals surface area contributed by atoms with Gasteiger partial charge in [-0.25, -0.2) is 4.98 Å². The number of piperidine rings is 1. The van der Waals surface area contributed by atoms with Crippen LogP contribution in [-0.2, 0) is 16.8 Å². The van der Waals surface area contributed by atoms with Crippen LogP contribution in [0, 0.1) is 6.92 Å². The Morgan fingerprint density at radius 1 is 1.23 bits per heavy atom. The van der Waals surface area contributed by atoms with Crippen molar-refractivity contribution in [1.29, 1.82) is 0 Å². The summed E-state index contributed by atoms with van der Waals surface area (Å²) in [5.41, 5.74) is 4.74.